The fourth-order valence-corrected chi connectivity index (χ4v) is 4.47. The third kappa shape index (κ3) is 4.46. The van der Waals surface area contributed by atoms with Crippen LogP contribution in [0.3, 0.4) is 0 Å². The number of hydrogen-bond donors (Lipinski definition) is 2. The molecule has 112 valence electrons. The first-order valence-electron chi connectivity index (χ1n) is 8.68. The van der Waals surface area contributed by atoms with E-state index in [9.17, 15) is 0 Å². The van der Waals surface area contributed by atoms with Crippen molar-refractivity contribution in [2.75, 3.05) is 13.1 Å². The SMILES string of the molecule is NCCCC1CCC2(CC1)CCC(CCCN)CC2. The molecule has 0 aromatic heterocycles. The van der Waals surface area contributed by atoms with Gasteiger partial charge in [-0.2, -0.15) is 0 Å². The summed E-state index contributed by atoms with van der Waals surface area (Å²) >= 11 is 0. The molecule has 2 rings (SSSR count). The zero-order valence-electron chi connectivity index (χ0n) is 12.7. The first-order valence-corrected chi connectivity index (χ1v) is 8.68. The van der Waals surface area contributed by atoms with Gasteiger partial charge in [-0.05, 0) is 107 Å². The third-order valence-corrected chi connectivity index (χ3v) is 5.96. The Hall–Kier alpha value is -0.0800. The Labute approximate surface area is 119 Å². The van der Waals surface area contributed by atoms with E-state index in [2.05, 4.69) is 0 Å². The van der Waals surface area contributed by atoms with Gasteiger partial charge in [0.15, 0.2) is 0 Å². The lowest BCUT2D eigenvalue weighted by molar-refractivity contribution is 0.0710. The molecule has 0 radical (unpaired) electrons. The standard InChI is InChI=1S/C17H34N2/c18-13-1-3-15-5-9-17(10-6-15)11-7-16(8-12-17)4-2-14-19/h15-16H,1-14,18-19H2. The fraction of sp³-hybridized carbons (Fsp3) is 1.00. The zero-order valence-corrected chi connectivity index (χ0v) is 12.7. The molecule has 2 aliphatic rings. The molecule has 0 bridgehead atoms. The van der Waals surface area contributed by atoms with Crippen molar-refractivity contribution in [2.24, 2.45) is 28.7 Å². The van der Waals surface area contributed by atoms with Crippen molar-refractivity contribution in [1.29, 1.82) is 0 Å². The molecule has 0 aromatic carbocycles. The first-order chi connectivity index (χ1) is 9.28. The summed E-state index contributed by atoms with van der Waals surface area (Å²) in [5.41, 5.74) is 12.0. The second-order valence-corrected chi connectivity index (χ2v) is 7.25. The monoisotopic (exact) mass is 266 g/mol. The largest absolute Gasteiger partial charge is 0.330 e. The number of nitrogens with two attached hydrogens (primary N) is 2. The molecular weight excluding hydrogens is 232 g/mol. The topological polar surface area (TPSA) is 52.0 Å². The molecule has 2 heteroatoms. The minimum atomic E-state index is 0.748. The van der Waals surface area contributed by atoms with Crippen LogP contribution in [0.4, 0.5) is 0 Å². The normalized spacial score (nSPS) is 35.7. The van der Waals surface area contributed by atoms with E-state index in [0.29, 0.717) is 0 Å². The summed E-state index contributed by atoms with van der Waals surface area (Å²) in [5.74, 6) is 1.98. The maximum atomic E-state index is 5.63. The van der Waals surface area contributed by atoms with Crippen LogP contribution in [0.1, 0.15) is 77.0 Å². The summed E-state index contributed by atoms with van der Waals surface area (Å²) in [6.07, 6.45) is 17.2. The second kappa shape index (κ2) is 7.64. The summed E-state index contributed by atoms with van der Waals surface area (Å²) in [6, 6.07) is 0. The van der Waals surface area contributed by atoms with Gasteiger partial charge < -0.3 is 11.5 Å². The molecule has 0 unspecified atom stereocenters. The highest BCUT2D eigenvalue weighted by Crippen LogP contribution is 2.51. The van der Waals surface area contributed by atoms with Gasteiger partial charge in [-0.1, -0.05) is 0 Å². The van der Waals surface area contributed by atoms with Gasteiger partial charge in [0, 0.05) is 0 Å². The van der Waals surface area contributed by atoms with Crippen molar-refractivity contribution < 1.29 is 0 Å². The summed E-state index contributed by atoms with van der Waals surface area (Å²) in [6.45, 7) is 1.76. The minimum Gasteiger partial charge on any atom is -0.330 e. The summed E-state index contributed by atoms with van der Waals surface area (Å²) in [7, 11) is 0. The highest BCUT2D eigenvalue weighted by molar-refractivity contribution is 4.89. The molecule has 2 saturated carbocycles. The Bertz CT molecular complexity index is 206. The molecule has 2 nitrogen and oxygen atoms in total. The molecular formula is C17H34N2. The van der Waals surface area contributed by atoms with Gasteiger partial charge in [-0.3, -0.25) is 0 Å². The van der Waals surface area contributed by atoms with Crippen molar-refractivity contribution in [2.45, 2.75) is 77.0 Å². The van der Waals surface area contributed by atoms with Crippen LogP contribution in [0, 0.1) is 17.3 Å². The maximum absolute atomic E-state index is 5.63. The summed E-state index contributed by atoms with van der Waals surface area (Å²) < 4.78 is 0. The van der Waals surface area contributed by atoms with Crippen LogP contribution in [-0.2, 0) is 0 Å². The van der Waals surface area contributed by atoms with Crippen molar-refractivity contribution in [1.82, 2.24) is 0 Å². The van der Waals surface area contributed by atoms with Crippen LogP contribution in [0.2, 0.25) is 0 Å². The molecule has 0 amide bonds. The van der Waals surface area contributed by atoms with Crippen molar-refractivity contribution in [3.63, 3.8) is 0 Å². The Morgan fingerprint density at radius 2 is 1.05 bits per heavy atom. The van der Waals surface area contributed by atoms with Crippen LogP contribution in [0.15, 0.2) is 0 Å². The minimum absolute atomic E-state index is 0.748. The predicted octanol–water partition coefficient (Wildman–Crippen LogP) is 3.83. The van der Waals surface area contributed by atoms with Gasteiger partial charge in [0.25, 0.3) is 0 Å². The quantitative estimate of drug-likeness (QED) is 0.767. The van der Waals surface area contributed by atoms with Crippen LogP contribution >= 0.6 is 0 Å². The molecule has 2 fully saturated rings. The van der Waals surface area contributed by atoms with E-state index in [4.69, 9.17) is 11.5 Å². The Balaban J connectivity index is 1.69. The smallest absolute Gasteiger partial charge is 0.00772 e. The molecule has 0 atom stereocenters. The van der Waals surface area contributed by atoms with E-state index in [-0.39, 0.29) is 0 Å². The van der Waals surface area contributed by atoms with Gasteiger partial charge in [-0.15, -0.1) is 0 Å². The van der Waals surface area contributed by atoms with E-state index >= 15 is 0 Å². The predicted molar refractivity (Wildman–Crippen MR) is 82.9 cm³/mol. The Morgan fingerprint density at radius 1 is 0.684 bits per heavy atom. The fourth-order valence-electron chi connectivity index (χ4n) is 4.47. The van der Waals surface area contributed by atoms with E-state index in [0.717, 1.165) is 30.3 Å². The van der Waals surface area contributed by atoms with E-state index in [1.165, 1.54) is 77.0 Å². The van der Waals surface area contributed by atoms with Crippen molar-refractivity contribution in [3.8, 4) is 0 Å². The average Bonchev–Trinajstić information content (AvgIpc) is 2.46. The van der Waals surface area contributed by atoms with Gasteiger partial charge in [-0.25, -0.2) is 0 Å². The number of hydrogen-bond acceptors (Lipinski definition) is 2. The maximum Gasteiger partial charge on any atom is -0.00772 e. The lowest BCUT2D eigenvalue weighted by Gasteiger charge is -2.45. The van der Waals surface area contributed by atoms with Crippen LogP contribution < -0.4 is 11.5 Å². The van der Waals surface area contributed by atoms with Gasteiger partial charge in [0.2, 0.25) is 0 Å². The lowest BCUT2D eigenvalue weighted by atomic mass is 9.61. The first kappa shape index (κ1) is 15.3. The van der Waals surface area contributed by atoms with Crippen molar-refractivity contribution >= 4 is 0 Å². The van der Waals surface area contributed by atoms with Crippen molar-refractivity contribution in [3.05, 3.63) is 0 Å². The lowest BCUT2D eigenvalue weighted by Crippen LogP contribution is -2.32. The van der Waals surface area contributed by atoms with E-state index in [1.807, 2.05) is 0 Å². The molecule has 2 aliphatic carbocycles. The molecule has 0 saturated heterocycles. The average molecular weight is 266 g/mol. The molecule has 0 aromatic rings. The highest BCUT2D eigenvalue weighted by atomic mass is 14.5. The molecule has 0 heterocycles. The molecule has 1 spiro atoms. The zero-order chi connectivity index (χ0) is 13.6. The van der Waals surface area contributed by atoms with Gasteiger partial charge in [0.1, 0.15) is 0 Å². The summed E-state index contributed by atoms with van der Waals surface area (Å²) in [5, 5.41) is 0. The van der Waals surface area contributed by atoms with Crippen LogP contribution in [-0.4, -0.2) is 13.1 Å². The Morgan fingerprint density at radius 3 is 1.37 bits per heavy atom. The van der Waals surface area contributed by atoms with Crippen LogP contribution in [0.5, 0.6) is 0 Å². The number of rotatable bonds is 6. The Kier molecular flexibility index (Phi) is 6.15. The molecule has 19 heavy (non-hydrogen) atoms. The third-order valence-electron chi connectivity index (χ3n) is 5.96. The van der Waals surface area contributed by atoms with Gasteiger partial charge >= 0.3 is 0 Å². The highest BCUT2D eigenvalue weighted by Gasteiger charge is 2.37. The summed E-state index contributed by atoms with van der Waals surface area (Å²) in [4.78, 5) is 0. The molecule has 0 aliphatic heterocycles. The molecule has 4 N–H and O–H groups in total. The van der Waals surface area contributed by atoms with E-state index < -0.39 is 0 Å². The van der Waals surface area contributed by atoms with Gasteiger partial charge in [0.05, 0.1) is 0 Å². The van der Waals surface area contributed by atoms with E-state index in [1.54, 1.807) is 0 Å². The van der Waals surface area contributed by atoms with Crippen LogP contribution in [0.25, 0.3) is 0 Å². The second-order valence-electron chi connectivity index (χ2n) is 7.25.